The zero-order valence-electron chi connectivity index (χ0n) is 16.5. The summed E-state index contributed by atoms with van der Waals surface area (Å²) in [4.78, 5) is 30.7. The molecule has 0 spiro atoms. The molecule has 0 aliphatic carbocycles. The molecule has 0 saturated carbocycles. The molecule has 4 rings (SSSR count). The number of rotatable bonds is 6. The molecule has 156 valence electrons. The smallest absolute Gasteiger partial charge is 0.326 e. The largest absolute Gasteiger partial charge is 0.465 e. The number of esters is 1. The first kappa shape index (κ1) is 20.5. The topological polar surface area (TPSA) is 79.1 Å². The lowest BCUT2D eigenvalue weighted by molar-refractivity contribution is -0.143. The molecule has 1 aliphatic heterocycles. The fraction of sp³-hybridized carbons (Fsp3) is 0.286. The highest BCUT2D eigenvalue weighted by Crippen LogP contribution is 2.37. The van der Waals surface area contributed by atoms with Crippen molar-refractivity contribution in [3.05, 3.63) is 46.8 Å². The number of ether oxygens (including phenoxy) is 3. The lowest BCUT2D eigenvalue weighted by Crippen LogP contribution is -2.23. The number of carbonyl (C=O) groups excluding carboxylic acids is 2. The van der Waals surface area contributed by atoms with Crippen LogP contribution in [-0.2, 0) is 27.3 Å². The maximum atomic E-state index is 12.6. The Labute approximate surface area is 181 Å². The van der Waals surface area contributed by atoms with E-state index in [2.05, 4.69) is 4.99 Å². The Morgan fingerprint density at radius 3 is 2.63 bits per heavy atom. The third kappa shape index (κ3) is 4.36. The molecule has 0 fully saturated rings. The van der Waals surface area contributed by atoms with Crippen LogP contribution in [0, 0.1) is 0 Å². The molecule has 0 atom stereocenters. The van der Waals surface area contributed by atoms with Crippen molar-refractivity contribution in [3.8, 4) is 11.5 Å². The fourth-order valence-corrected chi connectivity index (χ4v) is 4.56. The zero-order chi connectivity index (χ0) is 21.1. The van der Waals surface area contributed by atoms with Gasteiger partial charge >= 0.3 is 5.97 Å². The highest BCUT2D eigenvalue weighted by Gasteiger charge is 2.19. The van der Waals surface area contributed by atoms with Gasteiger partial charge in [-0.1, -0.05) is 23.5 Å². The van der Waals surface area contributed by atoms with Crippen LogP contribution in [0.1, 0.15) is 12.5 Å². The van der Waals surface area contributed by atoms with E-state index in [1.165, 1.54) is 11.3 Å². The first-order valence-corrected chi connectivity index (χ1v) is 11.4. The van der Waals surface area contributed by atoms with Gasteiger partial charge in [0.05, 0.1) is 23.2 Å². The first-order chi connectivity index (χ1) is 14.6. The number of aromatic nitrogens is 1. The molecule has 0 unspecified atom stereocenters. The van der Waals surface area contributed by atoms with E-state index >= 15 is 0 Å². The molecule has 30 heavy (non-hydrogen) atoms. The van der Waals surface area contributed by atoms with Crippen LogP contribution in [-0.4, -0.2) is 36.1 Å². The van der Waals surface area contributed by atoms with Crippen LogP contribution in [0.15, 0.2) is 46.3 Å². The minimum Gasteiger partial charge on any atom is -0.465 e. The zero-order valence-corrected chi connectivity index (χ0v) is 18.2. The number of amides is 1. The first-order valence-electron chi connectivity index (χ1n) is 9.36. The molecule has 1 amide bonds. The molecule has 0 N–H and O–H groups in total. The van der Waals surface area contributed by atoms with E-state index in [0.29, 0.717) is 16.3 Å². The van der Waals surface area contributed by atoms with Gasteiger partial charge in [0.2, 0.25) is 6.79 Å². The molecule has 0 saturated heterocycles. The van der Waals surface area contributed by atoms with Crippen LogP contribution in [0.25, 0.3) is 10.2 Å². The number of carbonyl (C=O) groups is 2. The summed E-state index contributed by atoms with van der Waals surface area (Å²) in [6.07, 6.45) is 2.19. The van der Waals surface area contributed by atoms with Gasteiger partial charge in [-0.2, -0.15) is 4.99 Å². The Bertz CT molecular complexity index is 1160. The maximum absolute atomic E-state index is 12.6. The molecule has 2 heterocycles. The second-order valence-corrected chi connectivity index (χ2v) is 8.37. The number of benzene rings is 2. The number of hydrogen-bond donors (Lipinski definition) is 0. The van der Waals surface area contributed by atoms with E-state index < -0.39 is 5.97 Å². The van der Waals surface area contributed by atoms with E-state index in [0.717, 1.165) is 20.7 Å². The molecule has 1 aliphatic rings. The average Bonchev–Trinajstić information content (AvgIpc) is 3.31. The molecule has 9 heteroatoms. The summed E-state index contributed by atoms with van der Waals surface area (Å²) in [5.74, 6) is 0.566. The summed E-state index contributed by atoms with van der Waals surface area (Å²) < 4.78 is 18.5. The number of nitrogens with zero attached hydrogens (tertiary/aromatic N) is 2. The quantitative estimate of drug-likeness (QED) is 0.428. The van der Waals surface area contributed by atoms with Gasteiger partial charge in [0.1, 0.15) is 6.54 Å². The molecule has 3 aromatic rings. The second kappa shape index (κ2) is 8.93. The lowest BCUT2D eigenvalue weighted by atomic mass is 10.1. The van der Waals surface area contributed by atoms with Crippen molar-refractivity contribution in [2.45, 2.75) is 24.8 Å². The normalized spacial score (nSPS) is 13.1. The van der Waals surface area contributed by atoms with Gasteiger partial charge in [-0.3, -0.25) is 9.59 Å². The Kier molecular flexibility index (Phi) is 6.10. The summed E-state index contributed by atoms with van der Waals surface area (Å²) in [5.41, 5.74) is 1.63. The molecular weight excluding hydrogens is 424 g/mol. The minimum atomic E-state index is -0.392. The summed E-state index contributed by atoms with van der Waals surface area (Å²) in [6.45, 7) is 2.16. The van der Waals surface area contributed by atoms with Gasteiger partial charge in [0.25, 0.3) is 5.91 Å². The molecule has 0 radical (unpaired) electrons. The van der Waals surface area contributed by atoms with Gasteiger partial charge < -0.3 is 18.8 Å². The van der Waals surface area contributed by atoms with Gasteiger partial charge in [0.15, 0.2) is 16.3 Å². The van der Waals surface area contributed by atoms with Crippen molar-refractivity contribution >= 4 is 45.2 Å². The molecule has 7 nitrogen and oxygen atoms in total. The second-order valence-electron chi connectivity index (χ2n) is 6.48. The van der Waals surface area contributed by atoms with Crippen molar-refractivity contribution < 1.29 is 23.8 Å². The van der Waals surface area contributed by atoms with E-state index in [1.54, 1.807) is 29.3 Å². The van der Waals surface area contributed by atoms with Crippen LogP contribution in [0.3, 0.4) is 0 Å². The lowest BCUT2D eigenvalue weighted by Gasteiger charge is -2.05. The van der Waals surface area contributed by atoms with E-state index in [4.69, 9.17) is 14.2 Å². The van der Waals surface area contributed by atoms with Crippen LogP contribution >= 0.6 is 23.1 Å². The van der Waals surface area contributed by atoms with Crippen LogP contribution < -0.4 is 14.3 Å². The van der Waals surface area contributed by atoms with Crippen molar-refractivity contribution in [2.75, 3.05) is 19.7 Å². The van der Waals surface area contributed by atoms with E-state index in [-0.39, 0.29) is 32.3 Å². The summed E-state index contributed by atoms with van der Waals surface area (Å²) in [6, 6.07) is 11.5. The van der Waals surface area contributed by atoms with E-state index in [9.17, 15) is 9.59 Å². The van der Waals surface area contributed by atoms with Crippen LogP contribution in [0.5, 0.6) is 11.5 Å². The highest BCUT2D eigenvalue weighted by atomic mass is 32.2. The molecule has 0 bridgehead atoms. The molecule has 2 aromatic carbocycles. The van der Waals surface area contributed by atoms with Gasteiger partial charge in [0, 0.05) is 17.0 Å². The predicted molar refractivity (Wildman–Crippen MR) is 115 cm³/mol. The van der Waals surface area contributed by atoms with Gasteiger partial charge in [-0.05, 0) is 30.9 Å². The third-order valence-electron chi connectivity index (χ3n) is 4.50. The average molecular weight is 445 g/mol. The molecule has 1 aromatic heterocycles. The minimum absolute atomic E-state index is 0.0397. The van der Waals surface area contributed by atoms with Crippen molar-refractivity contribution in [1.29, 1.82) is 0 Å². The van der Waals surface area contributed by atoms with Gasteiger partial charge in [-0.25, -0.2) is 0 Å². The van der Waals surface area contributed by atoms with Crippen LogP contribution in [0.4, 0.5) is 0 Å². The Balaban J connectivity index is 1.70. The number of hydrogen-bond acceptors (Lipinski definition) is 7. The monoisotopic (exact) mass is 444 g/mol. The van der Waals surface area contributed by atoms with Crippen molar-refractivity contribution in [3.63, 3.8) is 0 Å². The number of fused-ring (bicyclic) bond motifs is 2. The van der Waals surface area contributed by atoms with Crippen LogP contribution in [0.2, 0.25) is 0 Å². The fourth-order valence-electron chi connectivity index (χ4n) is 3.10. The predicted octanol–water partition coefficient (Wildman–Crippen LogP) is 3.39. The highest BCUT2D eigenvalue weighted by molar-refractivity contribution is 7.98. The number of thiazole rings is 1. The Hall–Kier alpha value is -2.78. The van der Waals surface area contributed by atoms with Crippen molar-refractivity contribution in [1.82, 2.24) is 4.57 Å². The SMILES string of the molecule is CCOC(=O)Cn1c(=NC(=O)Cc2ccc(SC)cc2)sc2cc3c(cc21)OCO3. The summed E-state index contributed by atoms with van der Waals surface area (Å²) >= 11 is 2.97. The Morgan fingerprint density at radius 1 is 1.20 bits per heavy atom. The van der Waals surface area contributed by atoms with Crippen molar-refractivity contribution in [2.24, 2.45) is 4.99 Å². The standard InChI is InChI=1S/C21H20N2O5S2/c1-3-26-20(25)11-23-15-9-16-17(28-12-27-16)10-18(15)30-21(23)22-19(24)8-13-4-6-14(29-2)7-5-13/h4-7,9-10H,3,8,11-12H2,1-2H3. The van der Waals surface area contributed by atoms with Gasteiger partial charge in [-0.15, -0.1) is 11.8 Å². The van der Waals surface area contributed by atoms with E-state index in [1.807, 2.05) is 36.6 Å². The Morgan fingerprint density at radius 2 is 1.93 bits per heavy atom. The summed E-state index contributed by atoms with van der Waals surface area (Å²) in [7, 11) is 0. The third-order valence-corrected chi connectivity index (χ3v) is 6.29. The molecular formula is C21H20N2O5S2. The summed E-state index contributed by atoms with van der Waals surface area (Å²) in [5, 5.41) is 0. The number of thioether (sulfide) groups is 1. The maximum Gasteiger partial charge on any atom is 0.326 e.